The fraction of sp³-hybridized carbons (Fsp3) is 0.188. The first kappa shape index (κ1) is 15.2. The van der Waals surface area contributed by atoms with Gasteiger partial charge in [-0.25, -0.2) is 0 Å². The highest BCUT2D eigenvalue weighted by Gasteiger charge is 2.05. The molecule has 4 nitrogen and oxygen atoms in total. The Morgan fingerprint density at radius 2 is 2.05 bits per heavy atom. The van der Waals surface area contributed by atoms with Crippen LogP contribution in [0.4, 0.5) is 11.4 Å². The Hall–Kier alpha value is -2.20. The normalized spacial score (nSPS) is 10.0. The van der Waals surface area contributed by atoms with E-state index in [0.29, 0.717) is 10.7 Å². The second-order valence-electron chi connectivity index (χ2n) is 4.59. The lowest BCUT2D eigenvalue weighted by molar-refractivity contribution is -0.114. The number of hydrogen-bond donors (Lipinski definition) is 2. The van der Waals surface area contributed by atoms with Crippen molar-refractivity contribution in [1.82, 2.24) is 0 Å². The highest BCUT2D eigenvalue weighted by Crippen LogP contribution is 2.21. The maximum absolute atomic E-state index is 11.9. The average molecular weight is 305 g/mol. The van der Waals surface area contributed by atoms with E-state index in [-0.39, 0.29) is 12.5 Å². The maximum atomic E-state index is 11.9. The number of ether oxygens (including phenoxy) is 1. The molecule has 0 fully saturated rings. The Morgan fingerprint density at radius 3 is 2.71 bits per heavy atom. The molecule has 2 aromatic rings. The number of halogens is 1. The van der Waals surface area contributed by atoms with Gasteiger partial charge in [-0.2, -0.15) is 0 Å². The van der Waals surface area contributed by atoms with E-state index in [1.165, 1.54) is 0 Å². The Balaban J connectivity index is 1.92. The Kier molecular flexibility index (Phi) is 5.06. The number of carbonyl (C=O) groups is 1. The molecule has 2 N–H and O–H groups in total. The molecular formula is C16H17ClN2O2. The Morgan fingerprint density at radius 1 is 1.24 bits per heavy atom. The maximum Gasteiger partial charge on any atom is 0.243 e. The molecule has 2 aromatic carbocycles. The van der Waals surface area contributed by atoms with Gasteiger partial charge in [0, 0.05) is 16.4 Å². The number of rotatable bonds is 5. The SMILES string of the molecule is COc1ccc(NCC(=O)Nc2cccc(Cl)c2)c(C)c1. The molecule has 1 amide bonds. The number of hydrogen-bond acceptors (Lipinski definition) is 3. The van der Waals surface area contributed by atoms with Gasteiger partial charge in [0.25, 0.3) is 0 Å². The third-order valence-corrected chi connectivity index (χ3v) is 3.22. The molecule has 0 atom stereocenters. The van der Waals surface area contributed by atoms with Gasteiger partial charge in [0.1, 0.15) is 5.75 Å². The second-order valence-corrected chi connectivity index (χ2v) is 5.03. The largest absolute Gasteiger partial charge is 0.497 e. The summed E-state index contributed by atoms with van der Waals surface area (Å²) in [6.07, 6.45) is 0. The number of nitrogens with one attached hydrogen (secondary N) is 2. The van der Waals surface area contributed by atoms with Crippen LogP contribution >= 0.6 is 11.6 Å². The average Bonchev–Trinajstić information content (AvgIpc) is 2.46. The van der Waals surface area contributed by atoms with Crippen molar-refractivity contribution >= 4 is 28.9 Å². The summed E-state index contributed by atoms with van der Waals surface area (Å²) < 4.78 is 5.15. The number of methoxy groups -OCH3 is 1. The van der Waals surface area contributed by atoms with E-state index in [0.717, 1.165) is 17.0 Å². The van der Waals surface area contributed by atoms with Gasteiger partial charge in [0.15, 0.2) is 0 Å². The monoisotopic (exact) mass is 304 g/mol. The number of anilines is 2. The molecule has 0 saturated carbocycles. The molecule has 0 saturated heterocycles. The van der Waals surface area contributed by atoms with E-state index >= 15 is 0 Å². The summed E-state index contributed by atoms with van der Waals surface area (Å²) in [4.78, 5) is 11.9. The van der Waals surface area contributed by atoms with Crippen molar-refractivity contribution in [2.75, 3.05) is 24.3 Å². The Labute approximate surface area is 129 Å². The van der Waals surface area contributed by atoms with Crippen LogP contribution in [0.15, 0.2) is 42.5 Å². The lowest BCUT2D eigenvalue weighted by atomic mass is 10.2. The summed E-state index contributed by atoms with van der Waals surface area (Å²) in [6.45, 7) is 2.14. The van der Waals surface area contributed by atoms with Crippen LogP contribution < -0.4 is 15.4 Å². The third kappa shape index (κ3) is 4.39. The first-order valence-electron chi connectivity index (χ1n) is 6.52. The van der Waals surface area contributed by atoms with Crippen LogP contribution in [0.1, 0.15) is 5.56 Å². The first-order chi connectivity index (χ1) is 10.1. The van der Waals surface area contributed by atoms with E-state index in [9.17, 15) is 4.79 Å². The molecule has 0 aliphatic rings. The van der Waals surface area contributed by atoms with Gasteiger partial charge in [-0.05, 0) is 48.9 Å². The molecule has 5 heteroatoms. The van der Waals surface area contributed by atoms with Crippen molar-refractivity contribution < 1.29 is 9.53 Å². The minimum absolute atomic E-state index is 0.132. The number of aryl methyl sites for hydroxylation is 1. The van der Waals surface area contributed by atoms with Crippen LogP contribution in [0, 0.1) is 6.92 Å². The van der Waals surface area contributed by atoms with Gasteiger partial charge >= 0.3 is 0 Å². The molecule has 0 radical (unpaired) electrons. The lowest BCUT2D eigenvalue weighted by Crippen LogP contribution is -2.22. The van der Waals surface area contributed by atoms with Crippen LogP contribution in [0.5, 0.6) is 5.75 Å². The number of benzene rings is 2. The molecule has 0 bridgehead atoms. The zero-order chi connectivity index (χ0) is 15.2. The summed E-state index contributed by atoms with van der Waals surface area (Å²) in [5, 5.41) is 6.47. The van der Waals surface area contributed by atoms with Crippen molar-refractivity contribution in [2.24, 2.45) is 0 Å². The second kappa shape index (κ2) is 6.99. The smallest absolute Gasteiger partial charge is 0.243 e. The fourth-order valence-corrected chi connectivity index (χ4v) is 2.10. The van der Waals surface area contributed by atoms with E-state index in [2.05, 4.69) is 10.6 Å². The minimum Gasteiger partial charge on any atom is -0.497 e. The molecule has 0 aliphatic carbocycles. The Bertz CT molecular complexity index is 644. The number of amides is 1. The zero-order valence-corrected chi connectivity index (χ0v) is 12.7. The molecule has 2 rings (SSSR count). The predicted molar refractivity (Wildman–Crippen MR) is 86.3 cm³/mol. The molecule has 0 aromatic heterocycles. The van der Waals surface area contributed by atoms with E-state index in [1.807, 2.05) is 25.1 Å². The molecule has 0 unspecified atom stereocenters. The van der Waals surface area contributed by atoms with Gasteiger partial charge in [-0.1, -0.05) is 17.7 Å². The molecular weight excluding hydrogens is 288 g/mol. The molecule has 0 spiro atoms. The highest BCUT2D eigenvalue weighted by atomic mass is 35.5. The van der Waals surface area contributed by atoms with Gasteiger partial charge in [-0.15, -0.1) is 0 Å². The van der Waals surface area contributed by atoms with Gasteiger partial charge in [-0.3, -0.25) is 4.79 Å². The highest BCUT2D eigenvalue weighted by molar-refractivity contribution is 6.30. The van der Waals surface area contributed by atoms with E-state index < -0.39 is 0 Å². The summed E-state index contributed by atoms with van der Waals surface area (Å²) in [6, 6.07) is 12.7. The zero-order valence-electron chi connectivity index (χ0n) is 11.9. The van der Waals surface area contributed by atoms with Crippen LogP contribution in [0.2, 0.25) is 5.02 Å². The fourth-order valence-electron chi connectivity index (χ4n) is 1.91. The first-order valence-corrected chi connectivity index (χ1v) is 6.90. The van der Waals surface area contributed by atoms with Crippen molar-refractivity contribution in [3.05, 3.63) is 53.1 Å². The third-order valence-electron chi connectivity index (χ3n) is 2.98. The lowest BCUT2D eigenvalue weighted by Gasteiger charge is -2.11. The van der Waals surface area contributed by atoms with E-state index in [1.54, 1.807) is 31.4 Å². The molecule has 21 heavy (non-hydrogen) atoms. The van der Waals surface area contributed by atoms with Crippen molar-refractivity contribution in [2.45, 2.75) is 6.92 Å². The molecule has 110 valence electrons. The van der Waals surface area contributed by atoms with Gasteiger partial charge in [0.05, 0.1) is 13.7 Å². The summed E-state index contributed by atoms with van der Waals surface area (Å²) in [5.41, 5.74) is 2.60. The van der Waals surface area contributed by atoms with Gasteiger partial charge < -0.3 is 15.4 Å². The molecule has 0 heterocycles. The summed E-state index contributed by atoms with van der Waals surface area (Å²) in [7, 11) is 1.63. The van der Waals surface area contributed by atoms with Crippen LogP contribution in [0.25, 0.3) is 0 Å². The van der Waals surface area contributed by atoms with Crippen molar-refractivity contribution in [1.29, 1.82) is 0 Å². The summed E-state index contributed by atoms with van der Waals surface area (Å²) >= 11 is 5.87. The summed E-state index contributed by atoms with van der Waals surface area (Å²) in [5.74, 6) is 0.661. The van der Waals surface area contributed by atoms with Crippen molar-refractivity contribution in [3.8, 4) is 5.75 Å². The van der Waals surface area contributed by atoms with Crippen LogP contribution in [-0.2, 0) is 4.79 Å². The minimum atomic E-state index is -0.132. The van der Waals surface area contributed by atoms with Crippen LogP contribution in [0.3, 0.4) is 0 Å². The number of carbonyl (C=O) groups excluding carboxylic acids is 1. The van der Waals surface area contributed by atoms with Gasteiger partial charge in [0.2, 0.25) is 5.91 Å². The molecule has 0 aliphatic heterocycles. The van der Waals surface area contributed by atoms with Crippen LogP contribution in [-0.4, -0.2) is 19.6 Å². The standard InChI is InChI=1S/C16H17ClN2O2/c1-11-8-14(21-2)6-7-15(11)18-10-16(20)19-13-5-3-4-12(17)9-13/h3-9,18H,10H2,1-2H3,(H,19,20). The quantitative estimate of drug-likeness (QED) is 0.885. The topological polar surface area (TPSA) is 50.4 Å². The van der Waals surface area contributed by atoms with Crippen molar-refractivity contribution in [3.63, 3.8) is 0 Å². The van der Waals surface area contributed by atoms with E-state index in [4.69, 9.17) is 16.3 Å². The predicted octanol–water partition coefficient (Wildman–Crippen LogP) is 3.71.